The summed E-state index contributed by atoms with van der Waals surface area (Å²) >= 11 is 1.20. The zero-order valence-electron chi connectivity index (χ0n) is 23.0. The Morgan fingerprint density at radius 3 is 2.05 bits per heavy atom. The van der Waals surface area contributed by atoms with E-state index in [1.54, 1.807) is 26.6 Å². The maximum absolute atomic E-state index is 10.7. The van der Waals surface area contributed by atoms with Gasteiger partial charge in [-0.25, -0.2) is 9.97 Å². The van der Waals surface area contributed by atoms with Crippen molar-refractivity contribution >= 4 is 17.7 Å². The van der Waals surface area contributed by atoms with Crippen molar-refractivity contribution in [2.24, 2.45) is 17.4 Å². The van der Waals surface area contributed by atoms with Crippen LogP contribution in [0.4, 0.5) is 0 Å². The second kappa shape index (κ2) is 18.2. The number of nitrogens with two attached hydrogens (primary N) is 2. The van der Waals surface area contributed by atoms with Gasteiger partial charge in [0.2, 0.25) is 5.91 Å². The van der Waals surface area contributed by atoms with Crippen molar-refractivity contribution < 1.29 is 14.3 Å². The molecule has 37 heavy (non-hydrogen) atoms. The number of aromatic nitrogens is 2. The number of methoxy groups -OCH3 is 2. The number of carbonyl (C=O) groups excluding carboxylic acids is 1. The lowest BCUT2D eigenvalue weighted by molar-refractivity contribution is -0.115. The quantitative estimate of drug-likeness (QED) is 0.258. The number of hydrogen-bond acceptors (Lipinski definition) is 7. The number of nitrogens with zero attached hydrogens (tertiary/aromatic N) is 2. The Morgan fingerprint density at radius 2 is 1.59 bits per heavy atom. The lowest BCUT2D eigenvalue weighted by Gasteiger charge is -2.09. The molecule has 0 saturated heterocycles. The fourth-order valence-electron chi connectivity index (χ4n) is 3.19. The Balaban J connectivity index is 0.000000353. The Hall–Kier alpha value is -3.10. The Bertz CT molecular complexity index is 1040. The minimum atomic E-state index is -0.396. The minimum absolute atomic E-state index is 0.162. The van der Waals surface area contributed by atoms with Crippen LogP contribution >= 0.6 is 11.8 Å². The topological polar surface area (TPSA) is 113 Å². The van der Waals surface area contributed by atoms with E-state index in [0.29, 0.717) is 16.7 Å². The van der Waals surface area contributed by atoms with Gasteiger partial charge < -0.3 is 20.9 Å². The van der Waals surface area contributed by atoms with E-state index in [1.807, 2.05) is 18.2 Å². The molecule has 2 aromatic carbocycles. The third kappa shape index (κ3) is 13.1. The summed E-state index contributed by atoms with van der Waals surface area (Å²) < 4.78 is 10.5. The molecule has 0 aliphatic heterocycles. The Labute approximate surface area is 226 Å². The summed E-state index contributed by atoms with van der Waals surface area (Å²) in [5.41, 5.74) is 14.9. The molecule has 0 bridgehead atoms. The van der Waals surface area contributed by atoms with Crippen LogP contribution in [0.2, 0.25) is 0 Å². The van der Waals surface area contributed by atoms with Crippen molar-refractivity contribution in [2.75, 3.05) is 26.5 Å². The smallest absolute Gasteiger partial charge is 0.227 e. The average Bonchev–Trinajstić information content (AvgIpc) is 2.89. The summed E-state index contributed by atoms with van der Waals surface area (Å²) in [4.78, 5) is 19.1. The average molecular weight is 527 g/mol. The van der Waals surface area contributed by atoms with Gasteiger partial charge in [0.25, 0.3) is 0 Å². The van der Waals surface area contributed by atoms with E-state index in [9.17, 15) is 4.79 Å². The van der Waals surface area contributed by atoms with Crippen LogP contribution in [0.3, 0.4) is 0 Å². The molecule has 0 saturated carbocycles. The predicted molar refractivity (Wildman–Crippen MR) is 154 cm³/mol. The largest absolute Gasteiger partial charge is 0.493 e. The molecule has 202 valence electrons. The van der Waals surface area contributed by atoms with Crippen LogP contribution in [-0.4, -0.2) is 42.4 Å². The molecule has 0 spiro atoms. The van der Waals surface area contributed by atoms with Crippen molar-refractivity contribution in [2.45, 2.75) is 52.1 Å². The lowest BCUT2D eigenvalue weighted by Crippen LogP contribution is -2.13. The van der Waals surface area contributed by atoms with Crippen molar-refractivity contribution in [3.05, 3.63) is 66.0 Å². The first kappa shape index (κ1) is 31.9. The van der Waals surface area contributed by atoms with E-state index in [2.05, 4.69) is 61.9 Å². The van der Waals surface area contributed by atoms with Gasteiger partial charge >= 0.3 is 0 Å². The molecule has 0 aliphatic rings. The summed E-state index contributed by atoms with van der Waals surface area (Å²) in [6.07, 6.45) is 7.08. The minimum Gasteiger partial charge on any atom is -0.493 e. The van der Waals surface area contributed by atoms with Crippen molar-refractivity contribution in [3.63, 3.8) is 0 Å². The summed E-state index contributed by atoms with van der Waals surface area (Å²) in [5.74, 6) is 1.97. The highest BCUT2D eigenvalue weighted by Crippen LogP contribution is 2.32. The molecule has 8 heteroatoms. The number of benzene rings is 2. The summed E-state index contributed by atoms with van der Waals surface area (Å²) in [7, 11) is 3.17. The van der Waals surface area contributed by atoms with Crippen LogP contribution in [-0.2, 0) is 11.2 Å². The standard InChI is InChI=1S/C14H15N3O3S.C9H13N.C6H14/c1-19-11-4-3-9(5-12(11)20-2)10-6-16-14(17-7-10)21-8-13(15)18;1-8-2-4-9(5-3-8)6-7-10;1-4-5-6(2)3/h3-7H,8H2,1-2H3,(H2,15,18);2-5H,6-7,10H2,1H3;6H,4-5H2,1-3H3. The van der Waals surface area contributed by atoms with Crippen LogP contribution in [0.5, 0.6) is 11.5 Å². The van der Waals surface area contributed by atoms with Gasteiger partial charge in [-0.2, -0.15) is 0 Å². The van der Waals surface area contributed by atoms with Gasteiger partial charge in [-0.05, 0) is 49.1 Å². The molecule has 1 amide bonds. The number of carbonyl (C=O) groups is 1. The van der Waals surface area contributed by atoms with Gasteiger partial charge in [-0.3, -0.25) is 4.79 Å². The SMILES string of the molecule is CCCC(C)C.COc1ccc(-c2cnc(SCC(N)=O)nc2)cc1OC.Cc1ccc(CCN)cc1. The second-order valence-corrected chi connectivity index (χ2v) is 9.73. The van der Waals surface area contributed by atoms with E-state index in [0.717, 1.165) is 30.0 Å². The highest BCUT2D eigenvalue weighted by atomic mass is 32.2. The molecule has 4 N–H and O–H groups in total. The first-order valence-corrected chi connectivity index (χ1v) is 13.4. The van der Waals surface area contributed by atoms with Gasteiger partial charge in [-0.15, -0.1) is 0 Å². The molecule has 3 aromatic rings. The maximum Gasteiger partial charge on any atom is 0.227 e. The lowest BCUT2D eigenvalue weighted by atomic mass is 10.1. The number of hydrogen-bond donors (Lipinski definition) is 2. The number of primary amides is 1. The van der Waals surface area contributed by atoms with Crippen LogP contribution in [0.25, 0.3) is 11.1 Å². The molecule has 0 fully saturated rings. The predicted octanol–water partition coefficient (Wildman–Crippen LogP) is 5.68. The second-order valence-electron chi connectivity index (χ2n) is 8.79. The van der Waals surface area contributed by atoms with E-state index in [1.165, 1.54) is 35.7 Å². The van der Waals surface area contributed by atoms with Crippen LogP contribution < -0.4 is 20.9 Å². The van der Waals surface area contributed by atoms with Crippen LogP contribution in [0.15, 0.2) is 60.0 Å². The number of rotatable bonds is 10. The molecule has 0 atom stereocenters. The van der Waals surface area contributed by atoms with E-state index in [4.69, 9.17) is 20.9 Å². The molecule has 7 nitrogen and oxygen atoms in total. The third-order valence-electron chi connectivity index (χ3n) is 5.11. The molecule has 3 rings (SSSR count). The molecule has 1 heterocycles. The first-order chi connectivity index (χ1) is 17.7. The van der Waals surface area contributed by atoms with E-state index >= 15 is 0 Å². The molecular formula is C29H42N4O3S. The fourth-order valence-corrected chi connectivity index (χ4v) is 3.72. The van der Waals surface area contributed by atoms with E-state index in [-0.39, 0.29) is 5.75 Å². The number of ether oxygens (including phenoxy) is 2. The Morgan fingerprint density at radius 1 is 0.973 bits per heavy atom. The molecule has 0 aliphatic carbocycles. The monoisotopic (exact) mass is 526 g/mol. The molecule has 1 aromatic heterocycles. The Kier molecular flexibility index (Phi) is 15.7. The van der Waals surface area contributed by atoms with Crippen molar-refractivity contribution in [1.29, 1.82) is 0 Å². The normalized spacial score (nSPS) is 10.1. The maximum atomic E-state index is 10.7. The molecular weight excluding hydrogens is 484 g/mol. The zero-order valence-corrected chi connectivity index (χ0v) is 23.8. The summed E-state index contributed by atoms with van der Waals surface area (Å²) in [6.45, 7) is 9.56. The highest BCUT2D eigenvalue weighted by molar-refractivity contribution is 7.99. The number of amides is 1. The van der Waals surface area contributed by atoms with Gasteiger partial charge in [0.05, 0.1) is 20.0 Å². The van der Waals surface area contributed by atoms with Crippen LogP contribution in [0, 0.1) is 12.8 Å². The fraction of sp³-hybridized carbons (Fsp3) is 0.414. The zero-order chi connectivity index (χ0) is 27.6. The summed E-state index contributed by atoms with van der Waals surface area (Å²) in [6, 6.07) is 14.1. The van der Waals surface area contributed by atoms with Crippen molar-refractivity contribution in [3.8, 4) is 22.6 Å². The van der Waals surface area contributed by atoms with Gasteiger partial charge in [0, 0.05) is 18.0 Å². The van der Waals surface area contributed by atoms with Gasteiger partial charge in [-0.1, -0.05) is 81.3 Å². The molecule has 0 radical (unpaired) electrons. The van der Waals surface area contributed by atoms with Crippen molar-refractivity contribution in [1.82, 2.24) is 9.97 Å². The number of aryl methyl sites for hydroxylation is 1. The van der Waals surface area contributed by atoms with E-state index < -0.39 is 5.91 Å². The van der Waals surface area contributed by atoms with Crippen LogP contribution in [0.1, 0.15) is 44.7 Å². The first-order valence-electron chi connectivity index (χ1n) is 12.4. The highest BCUT2D eigenvalue weighted by Gasteiger charge is 2.08. The van der Waals surface area contributed by atoms with Gasteiger partial charge in [0.1, 0.15) is 0 Å². The summed E-state index contributed by atoms with van der Waals surface area (Å²) in [5, 5.41) is 0.512. The van der Waals surface area contributed by atoms with Gasteiger partial charge in [0.15, 0.2) is 16.7 Å². The third-order valence-corrected chi connectivity index (χ3v) is 6.01. The molecule has 0 unspecified atom stereocenters. The number of thioether (sulfide) groups is 1.